The van der Waals surface area contributed by atoms with Crippen LogP contribution in [0.1, 0.15) is 47.9 Å². The number of hydrogen-bond acceptors (Lipinski definition) is 13. The number of carbonyl (C=O) groups is 4. The number of fused-ring (bicyclic) bond motifs is 2. The molecule has 2 N–H and O–H groups in total. The van der Waals surface area contributed by atoms with Crippen LogP contribution in [0.3, 0.4) is 0 Å². The lowest BCUT2D eigenvalue weighted by Crippen LogP contribution is -2.47. The molecule has 19 heteroatoms. The van der Waals surface area contributed by atoms with Crippen LogP contribution in [0.15, 0.2) is 82.6 Å². The summed E-state index contributed by atoms with van der Waals surface area (Å²) < 4.78 is 0. The normalized spacial score (nSPS) is 18.2. The number of nitro benzene ring substituents is 2. The largest absolute Gasteiger partial charge is 0.354 e. The quantitative estimate of drug-likeness (QED) is 0.0472. The van der Waals surface area contributed by atoms with Gasteiger partial charge in [0.1, 0.15) is 0 Å². The van der Waals surface area contributed by atoms with Gasteiger partial charge >= 0.3 is 0 Å². The summed E-state index contributed by atoms with van der Waals surface area (Å²) in [6.45, 7) is 2.12. The SMILES string of the molecule is O=CNC1CCCN(C(=O)C=Cc2ccc(Sc3ccc(C=CC(=O)N4CCCC(NC=O)C4)c(-c4ccc5c(c4)CCOO5)c3[N+](=O)[O-])c([N+](=O)[O-])c2-c2ccc3c(c2)CCOO3)C1. The molecule has 2 atom stereocenters. The molecule has 2 saturated heterocycles. The first-order valence-electron chi connectivity index (χ1n) is 21.1. The van der Waals surface area contributed by atoms with Crippen LogP contribution in [-0.2, 0) is 41.8 Å². The van der Waals surface area contributed by atoms with E-state index in [0.717, 1.165) is 35.7 Å². The summed E-state index contributed by atoms with van der Waals surface area (Å²) in [5.41, 5.74) is 2.77. The second kappa shape index (κ2) is 20.2. The van der Waals surface area contributed by atoms with E-state index >= 15 is 0 Å². The van der Waals surface area contributed by atoms with Crippen LogP contribution in [0, 0.1) is 20.2 Å². The van der Waals surface area contributed by atoms with Gasteiger partial charge in [-0.25, -0.2) is 0 Å². The Morgan fingerprint density at radius 3 is 1.52 bits per heavy atom. The Balaban J connectivity index is 1.22. The van der Waals surface area contributed by atoms with Gasteiger partial charge in [-0.15, -0.1) is 0 Å². The Kier molecular flexibility index (Phi) is 13.8. The maximum absolute atomic E-state index is 13.5. The average Bonchev–Trinajstić information content (AvgIpc) is 3.32. The molecule has 4 heterocycles. The third-order valence-electron chi connectivity index (χ3n) is 11.7. The van der Waals surface area contributed by atoms with Gasteiger partial charge in [0.15, 0.2) is 11.5 Å². The minimum absolute atomic E-state index is 0.0942. The molecule has 4 amide bonds. The van der Waals surface area contributed by atoms with E-state index in [2.05, 4.69) is 10.6 Å². The summed E-state index contributed by atoms with van der Waals surface area (Å²) in [6, 6.07) is 16.0. The number of nitrogens with one attached hydrogen (secondary N) is 2. The molecule has 18 nitrogen and oxygen atoms in total. The van der Waals surface area contributed by atoms with Crippen molar-refractivity contribution in [3.05, 3.63) is 115 Å². The third-order valence-corrected chi connectivity index (χ3v) is 12.8. The number of nitrogens with zero attached hydrogens (tertiary/aromatic N) is 4. The molecule has 0 saturated carbocycles. The van der Waals surface area contributed by atoms with E-state index in [9.17, 15) is 39.4 Å². The smallest absolute Gasteiger partial charge is 0.291 e. The Labute approximate surface area is 376 Å². The maximum Gasteiger partial charge on any atom is 0.291 e. The monoisotopic (exact) mass is 904 g/mol. The topological polar surface area (TPSA) is 222 Å². The molecule has 336 valence electrons. The first kappa shape index (κ1) is 44.5. The zero-order chi connectivity index (χ0) is 45.5. The summed E-state index contributed by atoms with van der Waals surface area (Å²) in [5.74, 6) is 0.250. The molecular formula is C46H44N6O12S. The van der Waals surface area contributed by atoms with Crippen molar-refractivity contribution in [1.29, 1.82) is 0 Å². The first-order valence-corrected chi connectivity index (χ1v) is 21.9. The van der Waals surface area contributed by atoms with Crippen molar-refractivity contribution in [3.63, 3.8) is 0 Å². The summed E-state index contributed by atoms with van der Waals surface area (Å²) in [5, 5.41) is 32.2. The molecule has 65 heavy (non-hydrogen) atoms. The van der Waals surface area contributed by atoms with Gasteiger partial charge in [-0.3, -0.25) is 39.4 Å². The van der Waals surface area contributed by atoms with Crippen LogP contribution in [0.5, 0.6) is 11.5 Å². The molecule has 0 aliphatic carbocycles. The third kappa shape index (κ3) is 10.0. The van der Waals surface area contributed by atoms with Crippen LogP contribution < -0.4 is 20.4 Å². The van der Waals surface area contributed by atoms with Crippen molar-refractivity contribution in [2.75, 3.05) is 39.4 Å². The van der Waals surface area contributed by atoms with Crippen LogP contribution in [-0.4, -0.2) is 95.8 Å². The predicted octanol–water partition coefficient (Wildman–Crippen LogP) is 6.22. The molecular weight excluding hydrogens is 861 g/mol. The fourth-order valence-electron chi connectivity index (χ4n) is 8.59. The van der Waals surface area contributed by atoms with E-state index in [1.807, 2.05) is 0 Å². The molecule has 4 aliphatic rings. The van der Waals surface area contributed by atoms with E-state index in [1.165, 1.54) is 36.4 Å². The average molecular weight is 905 g/mol. The summed E-state index contributed by atoms with van der Waals surface area (Å²) >= 11 is 0.852. The molecule has 2 unspecified atom stereocenters. The van der Waals surface area contributed by atoms with Crippen LogP contribution >= 0.6 is 11.8 Å². The zero-order valence-electron chi connectivity index (χ0n) is 35.0. The van der Waals surface area contributed by atoms with Crippen molar-refractivity contribution in [2.45, 2.75) is 60.4 Å². The number of amides is 4. The minimum Gasteiger partial charge on any atom is -0.354 e. The standard InChI is InChI=1S/C46H44N6O12S/c53-27-47-35-3-1-19-49(25-35)41(55)15-9-29-7-13-39(45(51(57)58)43(29)33-5-11-37-31(23-33)17-21-61-63-37)65-40-14-8-30(10-16-42(56)50-20-2-4-36(26-50)48-28-54)44(46(40)52(59)60)34-6-12-38-32(24-34)18-22-62-64-38/h5-16,23-24,27-28,35-36H,1-4,17-22,25-26H2,(H,47,53)(H,48,54). The second-order valence-electron chi connectivity index (χ2n) is 15.8. The van der Waals surface area contributed by atoms with E-state index in [4.69, 9.17) is 19.6 Å². The van der Waals surface area contributed by atoms with Crippen molar-refractivity contribution in [3.8, 4) is 33.8 Å². The highest BCUT2D eigenvalue weighted by Crippen LogP contribution is 2.49. The highest BCUT2D eigenvalue weighted by Gasteiger charge is 2.32. The lowest BCUT2D eigenvalue weighted by Gasteiger charge is -2.31. The van der Waals surface area contributed by atoms with Crippen molar-refractivity contribution >= 4 is 59.9 Å². The Bertz CT molecular complexity index is 2430. The Morgan fingerprint density at radius 2 is 1.11 bits per heavy atom. The van der Waals surface area contributed by atoms with Gasteiger partial charge in [-0.1, -0.05) is 36.0 Å². The summed E-state index contributed by atoms with van der Waals surface area (Å²) in [4.78, 5) is 99.2. The van der Waals surface area contributed by atoms with Gasteiger partial charge in [0, 0.05) is 74.4 Å². The molecule has 4 aromatic carbocycles. The summed E-state index contributed by atoms with van der Waals surface area (Å²) in [6.07, 6.45) is 10.7. The lowest BCUT2D eigenvalue weighted by molar-refractivity contribution is -0.387. The minimum atomic E-state index is -0.535. The maximum atomic E-state index is 13.5. The highest BCUT2D eigenvalue weighted by atomic mass is 32.2. The van der Waals surface area contributed by atoms with Gasteiger partial charge in [0.25, 0.3) is 11.4 Å². The fourth-order valence-corrected chi connectivity index (χ4v) is 9.65. The van der Waals surface area contributed by atoms with Gasteiger partial charge < -0.3 is 30.2 Å². The van der Waals surface area contributed by atoms with E-state index < -0.39 is 9.85 Å². The van der Waals surface area contributed by atoms with Crippen LogP contribution in [0.25, 0.3) is 34.4 Å². The van der Waals surface area contributed by atoms with Gasteiger partial charge in [-0.05, 0) is 96.5 Å². The number of rotatable bonds is 14. The Morgan fingerprint density at radius 1 is 0.662 bits per heavy atom. The van der Waals surface area contributed by atoms with Crippen LogP contribution in [0.2, 0.25) is 0 Å². The van der Waals surface area contributed by atoms with Crippen molar-refractivity contribution < 1.29 is 48.6 Å². The number of carbonyl (C=O) groups excluding carboxylic acids is 4. The van der Waals surface area contributed by atoms with E-state index in [1.54, 1.807) is 58.3 Å². The number of benzene rings is 4. The predicted molar refractivity (Wildman–Crippen MR) is 237 cm³/mol. The van der Waals surface area contributed by atoms with Gasteiger partial charge in [-0.2, -0.15) is 9.78 Å². The molecule has 0 radical (unpaired) electrons. The van der Waals surface area contributed by atoms with Gasteiger partial charge in [0.2, 0.25) is 24.6 Å². The molecule has 8 rings (SSSR count). The van der Waals surface area contributed by atoms with Crippen molar-refractivity contribution in [2.24, 2.45) is 0 Å². The first-order chi connectivity index (χ1) is 31.6. The molecule has 0 bridgehead atoms. The second-order valence-corrected chi connectivity index (χ2v) is 16.9. The molecule has 0 aromatic heterocycles. The Hall–Kier alpha value is -7.09. The number of hydrogen-bond donors (Lipinski definition) is 2. The molecule has 4 aliphatic heterocycles. The van der Waals surface area contributed by atoms with E-state index in [0.29, 0.717) is 98.4 Å². The van der Waals surface area contributed by atoms with Gasteiger partial charge in [0.05, 0.1) is 44.0 Å². The lowest BCUT2D eigenvalue weighted by atomic mass is 9.94. The number of nitro groups is 2. The highest BCUT2D eigenvalue weighted by molar-refractivity contribution is 7.99. The zero-order valence-corrected chi connectivity index (χ0v) is 35.8. The molecule has 2 fully saturated rings. The molecule has 4 aromatic rings. The van der Waals surface area contributed by atoms with Crippen LogP contribution in [0.4, 0.5) is 11.4 Å². The summed E-state index contributed by atoms with van der Waals surface area (Å²) in [7, 11) is 0. The number of likely N-dealkylation sites (tertiary alicyclic amines) is 2. The van der Waals surface area contributed by atoms with E-state index in [-0.39, 0.29) is 69.4 Å². The van der Waals surface area contributed by atoms with Crippen molar-refractivity contribution in [1.82, 2.24) is 20.4 Å². The fraction of sp³-hybridized carbons (Fsp3) is 0.304. The molecule has 0 spiro atoms. The number of piperidine rings is 2.